The summed E-state index contributed by atoms with van der Waals surface area (Å²) in [6.07, 6.45) is 1.92. The Hall–Kier alpha value is -5.25. The smallest absolute Gasteiger partial charge is 0.509 e. The topological polar surface area (TPSA) is 44.9 Å². The monoisotopic (exact) mass is 999 g/mol. The number of benzene rings is 5. The number of nitrogens with zero attached hydrogens (tertiary/aromatic N) is 4. The molecular weight excluding hydrogens is 940 g/mol. The van der Waals surface area contributed by atoms with Gasteiger partial charge in [-0.3, -0.25) is 4.68 Å². The number of hydrogen-bond acceptors (Lipinski definition) is 3. The normalized spacial score (nSPS) is 12.8. The molecule has 0 spiro atoms. The van der Waals surface area contributed by atoms with Gasteiger partial charge in [0, 0.05) is 45.2 Å². The minimum absolute atomic E-state index is 0. The Bertz CT molecular complexity index is 2880. The van der Waals surface area contributed by atoms with Gasteiger partial charge in [0.15, 0.2) is 0 Å². The molecule has 0 amide bonds. The van der Waals surface area contributed by atoms with Gasteiger partial charge in [0.2, 0.25) is 0 Å². The molecule has 0 atom stereocenters. The Morgan fingerprint density at radius 1 is 0.500 bits per heavy atom. The van der Waals surface area contributed by atoms with Crippen LogP contribution in [-0.2, 0) is 48.1 Å². The van der Waals surface area contributed by atoms with Crippen LogP contribution in [0.5, 0.6) is 11.5 Å². The van der Waals surface area contributed by atoms with Gasteiger partial charge in [-0.05, 0) is 68.4 Å². The Balaban J connectivity index is 0.00000578. The number of rotatable bonds is 8. The molecule has 6 heteroatoms. The van der Waals surface area contributed by atoms with Crippen LogP contribution in [0.2, 0.25) is 0 Å². The van der Waals surface area contributed by atoms with Gasteiger partial charge in [0.1, 0.15) is 5.82 Å². The first-order chi connectivity index (χ1) is 28.6. The number of ether oxygens (including phenoxy) is 1. The molecule has 0 saturated carbocycles. The zero-order chi connectivity index (χ0) is 43.7. The first-order valence-corrected chi connectivity index (χ1v) is 21.6. The van der Waals surface area contributed by atoms with Crippen molar-refractivity contribution in [3.05, 3.63) is 179 Å². The fraction of sp³-hybridized carbons (Fsp3) is 0.321. The van der Waals surface area contributed by atoms with Crippen LogP contribution in [-0.4, -0.2) is 19.3 Å². The largest absolute Gasteiger partial charge is 2.00 e. The van der Waals surface area contributed by atoms with E-state index in [0.29, 0.717) is 11.5 Å². The third-order valence-electron chi connectivity index (χ3n) is 12.4. The zero-order valence-electron chi connectivity index (χ0n) is 38.6. The maximum absolute atomic E-state index is 6.93. The van der Waals surface area contributed by atoms with E-state index in [-0.39, 0.29) is 48.1 Å². The molecular formula is C56H60N4OPt. The van der Waals surface area contributed by atoms with Crippen molar-refractivity contribution >= 4 is 21.8 Å². The number of fused-ring (bicyclic) bond motifs is 3. The molecule has 0 saturated heterocycles. The Kier molecular flexibility index (Phi) is 11.7. The quantitative estimate of drug-likeness (QED) is 0.143. The van der Waals surface area contributed by atoms with Crippen LogP contribution in [0.1, 0.15) is 129 Å². The summed E-state index contributed by atoms with van der Waals surface area (Å²) >= 11 is 0. The van der Waals surface area contributed by atoms with Gasteiger partial charge in [-0.15, -0.1) is 41.3 Å². The minimum atomic E-state index is -0.347. The Morgan fingerprint density at radius 2 is 1.13 bits per heavy atom. The summed E-state index contributed by atoms with van der Waals surface area (Å²) in [4.78, 5) is 4.97. The van der Waals surface area contributed by atoms with Gasteiger partial charge in [0.25, 0.3) is 0 Å². The summed E-state index contributed by atoms with van der Waals surface area (Å²) in [6, 6.07) is 50.8. The second-order valence-electron chi connectivity index (χ2n) is 20.8. The van der Waals surface area contributed by atoms with Gasteiger partial charge in [-0.1, -0.05) is 168 Å². The Labute approximate surface area is 383 Å². The van der Waals surface area contributed by atoms with Crippen molar-refractivity contribution in [1.29, 1.82) is 0 Å². The maximum atomic E-state index is 6.93. The van der Waals surface area contributed by atoms with E-state index in [0.717, 1.165) is 50.3 Å². The molecule has 0 aliphatic rings. The van der Waals surface area contributed by atoms with Crippen molar-refractivity contribution in [2.24, 2.45) is 0 Å². The van der Waals surface area contributed by atoms with Crippen molar-refractivity contribution in [1.82, 2.24) is 19.3 Å². The van der Waals surface area contributed by atoms with Crippen LogP contribution in [0.3, 0.4) is 0 Å². The van der Waals surface area contributed by atoms with E-state index in [1.54, 1.807) is 0 Å². The van der Waals surface area contributed by atoms with Gasteiger partial charge in [-0.25, -0.2) is 4.98 Å². The van der Waals surface area contributed by atoms with Crippen LogP contribution in [0.25, 0.3) is 33.3 Å². The average Bonchev–Trinajstić information content (AvgIpc) is 3.82. The second kappa shape index (κ2) is 16.1. The van der Waals surface area contributed by atoms with Crippen LogP contribution in [0.4, 0.5) is 0 Å². The molecule has 5 nitrogen and oxygen atoms in total. The standard InChI is InChI=1S/C56H60N4O.Pt/c1-52(2,3)39-28-29-57-51(33-39)59-47-27-24-40(55(10,11)37-20-16-14-17-21-37)32-46(47)45-26-25-43(35-48(45)59)61-44-31-41(56(12,13)38-22-18-15-19-23-38)30-42(34-44)60-50(54(7,8)9)36-49(58-60)53(4,5)6;/h14-33,36H,1-13H3;/q-2;+2. The summed E-state index contributed by atoms with van der Waals surface area (Å²) in [5, 5.41) is 7.48. The van der Waals surface area contributed by atoms with Gasteiger partial charge >= 0.3 is 21.1 Å². The molecule has 320 valence electrons. The fourth-order valence-electron chi connectivity index (χ4n) is 8.30. The molecule has 0 bridgehead atoms. The van der Waals surface area contributed by atoms with E-state index in [1.165, 1.54) is 22.3 Å². The predicted molar refractivity (Wildman–Crippen MR) is 253 cm³/mol. The number of pyridine rings is 1. The van der Waals surface area contributed by atoms with Gasteiger partial charge in [-0.2, -0.15) is 11.2 Å². The summed E-state index contributed by atoms with van der Waals surface area (Å²) in [7, 11) is 0. The minimum Gasteiger partial charge on any atom is -0.509 e. The van der Waals surface area contributed by atoms with Crippen molar-refractivity contribution in [2.75, 3.05) is 0 Å². The summed E-state index contributed by atoms with van der Waals surface area (Å²) in [6.45, 7) is 29.2. The molecule has 8 rings (SSSR count). The van der Waals surface area contributed by atoms with E-state index in [4.69, 9.17) is 14.8 Å². The molecule has 5 aromatic carbocycles. The fourth-order valence-corrected chi connectivity index (χ4v) is 8.30. The van der Waals surface area contributed by atoms with Crippen molar-refractivity contribution in [3.8, 4) is 23.0 Å². The zero-order valence-corrected chi connectivity index (χ0v) is 40.9. The Morgan fingerprint density at radius 3 is 1.73 bits per heavy atom. The summed E-state index contributed by atoms with van der Waals surface area (Å²) < 4.78 is 11.2. The molecule has 0 aliphatic carbocycles. The third kappa shape index (κ3) is 8.46. The summed E-state index contributed by atoms with van der Waals surface area (Å²) in [5.41, 5.74) is 10.1. The number of aromatic nitrogens is 4. The van der Waals surface area contributed by atoms with Gasteiger partial charge < -0.3 is 9.30 Å². The first-order valence-electron chi connectivity index (χ1n) is 21.6. The molecule has 3 heterocycles. The van der Waals surface area contributed by atoms with E-state index in [1.807, 2.05) is 12.3 Å². The van der Waals surface area contributed by atoms with Crippen LogP contribution < -0.4 is 4.74 Å². The van der Waals surface area contributed by atoms with Crippen molar-refractivity contribution in [3.63, 3.8) is 0 Å². The third-order valence-corrected chi connectivity index (χ3v) is 12.4. The average molecular weight is 1000 g/mol. The van der Waals surface area contributed by atoms with E-state index >= 15 is 0 Å². The van der Waals surface area contributed by atoms with Crippen molar-refractivity contribution < 1.29 is 25.8 Å². The molecule has 0 N–H and O–H groups in total. The second-order valence-corrected chi connectivity index (χ2v) is 20.8. The molecule has 0 aliphatic heterocycles. The van der Waals surface area contributed by atoms with Gasteiger partial charge in [0.05, 0.1) is 5.69 Å². The number of hydrogen-bond donors (Lipinski definition) is 0. The van der Waals surface area contributed by atoms with Crippen LogP contribution in [0.15, 0.2) is 128 Å². The van der Waals surface area contributed by atoms with E-state index in [9.17, 15) is 0 Å². The molecule has 62 heavy (non-hydrogen) atoms. The SMILES string of the molecule is CC(C)(C)c1ccnc(-n2c3[c-]c(Oc4[c-]c(-n5nc(C(C)(C)C)cc5C(C)(C)C)cc(C(C)(C)c5ccccc5)c4)ccc3c3cc(C(C)(C)c4ccccc4)ccc32)c1.[Pt+2]. The molecule has 8 aromatic rings. The van der Waals surface area contributed by atoms with Crippen LogP contribution >= 0.6 is 0 Å². The van der Waals surface area contributed by atoms with Crippen molar-refractivity contribution in [2.45, 2.75) is 117 Å². The molecule has 3 aromatic heterocycles. The van der Waals surface area contributed by atoms with E-state index < -0.39 is 0 Å². The predicted octanol–water partition coefficient (Wildman–Crippen LogP) is 14.3. The summed E-state index contributed by atoms with van der Waals surface area (Å²) in [5.74, 6) is 2.04. The molecule has 0 unspecified atom stereocenters. The molecule has 0 radical (unpaired) electrons. The maximum Gasteiger partial charge on any atom is 2.00 e. The van der Waals surface area contributed by atoms with Crippen LogP contribution in [0, 0.1) is 12.1 Å². The van der Waals surface area contributed by atoms with E-state index in [2.05, 4.69) is 227 Å². The molecule has 0 fully saturated rings. The first kappa shape index (κ1) is 44.8.